The molecule has 7 nitrogen and oxygen atoms in total. The van der Waals surface area contributed by atoms with Gasteiger partial charge >= 0.3 is 5.97 Å². The zero-order valence-corrected chi connectivity index (χ0v) is 14.6. The van der Waals surface area contributed by atoms with Gasteiger partial charge in [-0.15, -0.1) is 11.3 Å². The molecule has 2 N–H and O–H groups in total. The van der Waals surface area contributed by atoms with Crippen molar-refractivity contribution in [3.8, 4) is 0 Å². The van der Waals surface area contributed by atoms with E-state index in [9.17, 15) is 9.59 Å². The largest absolute Gasteiger partial charge is 0.462 e. The van der Waals surface area contributed by atoms with Crippen LogP contribution in [0.4, 0.5) is 5.82 Å². The highest BCUT2D eigenvalue weighted by atomic mass is 32.1. The van der Waals surface area contributed by atoms with Crippen LogP contribution in [0.2, 0.25) is 0 Å². The van der Waals surface area contributed by atoms with Crippen molar-refractivity contribution in [3.05, 3.63) is 16.8 Å². The van der Waals surface area contributed by atoms with Gasteiger partial charge < -0.3 is 15.4 Å². The van der Waals surface area contributed by atoms with E-state index in [0.29, 0.717) is 24.6 Å². The first kappa shape index (κ1) is 16.6. The normalized spacial score (nSPS) is 15.7. The second-order valence-electron chi connectivity index (χ2n) is 5.82. The molecule has 0 unspecified atom stereocenters. The summed E-state index contributed by atoms with van der Waals surface area (Å²) in [5, 5.41) is 0.892. The van der Waals surface area contributed by atoms with E-state index in [4.69, 9.17) is 10.5 Å². The smallest absolute Gasteiger partial charge is 0.348 e. The number of primary amides is 1. The fourth-order valence-electron chi connectivity index (χ4n) is 3.06. The highest BCUT2D eigenvalue weighted by Crippen LogP contribution is 2.36. The Labute approximate surface area is 143 Å². The minimum absolute atomic E-state index is 0.0720. The maximum absolute atomic E-state index is 12.1. The lowest BCUT2D eigenvalue weighted by Gasteiger charge is -2.31. The van der Waals surface area contributed by atoms with Crippen LogP contribution >= 0.6 is 11.3 Å². The van der Waals surface area contributed by atoms with Crippen LogP contribution in [-0.4, -0.2) is 41.5 Å². The van der Waals surface area contributed by atoms with Crippen LogP contribution in [0.1, 0.15) is 35.0 Å². The lowest BCUT2D eigenvalue weighted by molar-refractivity contribution is -0.122. The molecule has 1 fully saturated rings. The Morgan fingerprint density at radius 2 is 2.08 bits per heavy atom. The number of aromatic nitrogens is 2. The van der Waals surface area contributed by atoms with Crippen molar-refractivity contribution in [2.45, 2.75) is 26.7 Å². The third-order valence-electron chi connectivity index (χ3n) is 4.36. The summed E-state index contributed by atoms with van der Waals surface area (Å²) in [7, 11) is 0. The predicted octanol–water partition coefficient (Wildman–Crippen LogP) is 1.88. The average molecular weight is 348 g/mol. The molecule has 2 aromatic rings. The fourth-order valence-corrected chi connectivity index (χ4v) is 4.10. The van der Waals surface area contributed by atoms with Gasteiger partial charge in [0.2, 0.25) is 5.91 Å². The number of thiophene rings is 1. The summed E-state index contributed by atoms with van der Waals surface area (Å²) >= 11 is 1.33. The molecule has 1 saturated heterocycles. The molecular weight excluding hydrogens is 328 g/mol. The van der Waals surface area contributed by atoms with Crippen molar-refractivity contribution in [1.29, 1.82) is 0 Å². The van der Waals surface area contributed by atoms with Gasteiger partial charge in [0.25, 0.3) is 0 Å². The van der Waals surface area contributed by atoms with E-state index < -0.39 is 0 Å². The summed E-state index contributed by atoms with van der Waals surface area (Å²) in [6.45, 7) is 5.45. The summed E-state index contributed by atoms with van der Waals surface area (Å²) < 4.78 is 5.12. The molecule has 3 rings (SSSR count). The molecular formula is C16H20N4O3S. The zero-order chi connectivity index (χ0) is 17.3. The van der Waals surface area contributed by atoms with Gasteiger partial charge in [-0.05, 0) is 32.3 Å². The number of aryl methyl sites for hydroxylation is 1. The third-order valence-corrected chi connectivity index (χ3v) is 5.54. The van der Waals surface area contributed by atoms with Crippen molar-refractivity contribution in [3.63, 3.8) is 0 Å². The maximum Gasteiger partial charge on any atom is 0.348 e. The lowest BCUT2D eigenvalue weighted by atomic mass is 9.96. The Morgan fingerprint density at radius 1 is 1.38 bits per heavy atom. The Morgan fingerprint density at radius 3 is 2.71 bits per heavy atom. The molecule has 0 aliphatic carbocycles. The number of carbonyl (C=O) groups is 2. The van der Waals surface area contributed by atoms with Crippen molar-refractivity contribution in [2.24, 2.45) is 11.7 Å². The SMILES string of the molecule is CCOC(=O)c1sc2ncnc(N3CCC(C(N)=O)CC3)c2c1C. The number of amides is 1. The second-order valence-corrected chi connectivity index (χ2v) is 6.82. The first-order chi connectivity index (χ1) is 11.5. The number of esters is 1. The van der Waals surface area contributed by atoms with E-state index in [-0.39, 0.29) is 17.8 Å². The Kier molecular flexibility index (Phi) is 4.66. The predicted molar refractivity (Wildman–Crippen MR) is 92.2 cm³/mol. The van der Waals surface area contributed by atoms with Crippen LogP contribution in [0.15, 0.2) is 6.33 Å². The summed E-state index contributed by atoms with van der Waals surface area (Å²) in [5.74, 6) is 0.180. The first-order valence-electron chi connectivity index (χ1n) is 7.98. The van der Waals surface area contributed by atoms with Crippen LogP contribution in [-0.2, 0) is 9.53 Å². The van der Waals surface area contributed by atoms with Crippen molar-refractivity contribution >= 4 is 39.2 Å². The molecule has 0 radical (unpaired) electrons. The molecule has 0 spiro atoms. The quantitative estimate of drug-likeness (QED) is 0.847. The molecule has 128 valence electrons. The van der Waals surface area contributed by atoms with Crippen LogP contribution in [0, 0.1) is 12.8 Å². The number of nitrogens with zero attached hydrogens (tertiary/aromatic N) is 3. The molecule has 1 aliphatic rings. The lowest BCUT2D eigenvalue weighted by Crippen LogP contribution is -2.39. The van der Waals surface area contributed by atoms with E-state index in [2.05, 4.69) is 14.9 Å². The minimum Gasteiger partial charge on any atom is -0.462 e. The van der Waals surface area contributed by atoms with Crippen molar-refractivity contribution in [1.82, 2.24) is 9.97 Å². The number of nitrogens with two attached hydrogens (primary N) is 1. The standard InChI is InChI=1S/C16H20N4O3S/c1-3-23-16(22)12-9(2)11-14(18-8-19-15(11)24-12)20-6-4-10(5-7-20)13(17)21/h8,10H,3-7H2,1-2H3,(H2,17,21). The minimum atomic E-state index is -0.323. The Hall–Kier alpha value is -2.22. The molecule has 2 aromatic heterocycles. The Balaban J connectivity index is 1.95. The zero-order valence-electron chi connectivity index (χ0n) is 13.7. The van der Waals surface area contributed by atoms with E-state index in [1.807, 2.05) is 6.92 Å². The van der Waals surface area contributed by atoms with Crippen LogP contribution < -0.4 is 10.6 Å². The van der Waals surface area contributed by atoms with Gasteiger partial charge in [0.15, 0.2) is 0 Å². The fraction of sp³-hybridized carbons (Fsp3) is 0.500. The molecule has 0 aromatic carbocycles. The van der Waals surface area contributed by atoms with Gasteiger partial charge in [0.05, 0.1) is 12.0 Å². The van der Waals surface area contributed by atoms with Crippen molar-refractivity contribution < 1.29 is 14.3 Å². The summed E-state index contributed by atoms with van der Waals surface area (Å²) in [4.78, 5) is 35.7. The Bertz CT molecular complexity index is 781. The van der Waals surface area contributed by atoms with Gasteiger partial charge in [-0.3, -0.25) is 4.79 Å². The number of rotatable bonds is 4. The van der Waals surface area contributed by atoms with Gasteiger partial charge in [-0.1, -0.05) is 0 Å². The van der Waals surface area contributed by atoms with Gasteiger partial charge in [0, 0.05) is 19.0 Å². The molecule has 3 heterocycles. The summed E-state index contributed by atoms with van der Waals surface area (Å²) in [6.07, 6.45) is 2.95. The van der Waals surface area contributed by atoms with Gasteiger partial charge in [-0.2, -0.15) is 0 Å². The number of fused-ring (bicyclic) bond motifs is 1. The molecule has 0 saturated carbocycles. The molecule has 8 heteroatoms. The monoisotopic (exact) mass is 348 g/mol. The number of anilines is 1. The van der Waals surface area contributed by atoms with Crippen LogP contribution in [0.25, 0.3) is 10.2 Å². The number of piperidine rings is 1. The van der Waals surface area contributed by atoms with Crippen LogP contribution in [0.5, 0.6) is 0 Å². The maximum atomic E-state index is 12.1. The third kappa shape index (κ3) is 2.93. The topological polar surface area (TPSA) is 98.4 Å². The van der Waals surface area contributed by atoms with E-state index in [1.54, 1.807) is 6.92 Å². The number of hydrogen-bond donors (Lipinski definition) is 1. The highest BCUT2D eigenvalue weighted by molar-refractivity contribution is 7.20. The van der Waals surface area contributed by atoms with E-state index >= 15 is 0 Å². The summed E-state index contributed by atoms with van der Waals surface area (Å²) in [6, 6.07) is 0. The van der Waals surface area contributed by atoms with Crippen LogP contribution in [0.3, 0.4) is 0 Å². The van der Waals surface area contributed by atoms with E-state index in [1.165, 1.54) is 17.7 Å². The first-order valence-corrected chi connectivity index (χ1v) is 8.80. The molecule has 1 aliphatic heterocycles. The molecule has 0 bridgehead atoms. The molecule has 24 heavy (non-hydrogen) atoms. The second kappa shape index (κ2) is 6.72. The van der Waals surface area contributed by atoms with Crippen molar-refractivity contribution in [2.75, 3.05) is 24.6 Å². The number of hydrogen-bond acceptors (Lipinski definition) is 7. The summed E-state index contributed by atoms with van der Waals surface area (Å²) in [5.41, 5.74) is 6.25. The number of carbonyl (C=O) groups excluding carboxylic acids is 2. The molecule has 0 atom stereocenters. The molecule has 1 amide bonds. The van der Waals surface area contributed by atoms with Gasteiger partial charge in [-0.25, -0.2) is 14.8 Å². The van der Waals surface area contributed by atoms with Gasteiger partial charge in [0.1, 0.15) is 21.9 Å². The average Bonchev–Trinajstić information content (AvgIpc) is 2.92. The highest BCUT2D eigenvalue weighted by Gasteiger charge is 2.27. The van der Waals surface area contributed by atoms with E-state index in [0.717, 1.165) is 34.4 Å². The number of ether oxygens (including phenoxy) is 1.